The molecule has 0 atom stereocenters. The number of nitrogens with two attached hydrogens (primary N) is 1. The molecule has 0 unspecified atom stereocenters. The van der Waals surface area contributed by atoms with E-state index in [1.54, 1.807) is 0 Å². The number of benzene rings is 1. The number of nitrogens with one attached hydrogen (secondary N) is 2. The molecule has 22 heavy (non-hydrogen) atoms. The van der Waals surface area contributed by atoms with E-state index in [-0.39, 0.29) is 0 Å². The number of nitrogens with zero attached hydrogens (tertiary/aromatic N) is 2. The first-order valence-corrected chi connectivity index (χ1v) is 8.13. The summed E-state index contributed by atoms with van der Waals surface area (Å²) in [6, 6.07) is 8.21. The summed E-state index contributed by atoms with van der Waals surface area (Å²) in [7, 11) is 0. The lowest BCUT2D eigenvalue weighted by molar-refractivity contribution is 0.883. The van der Waals surface area contributed by atoms with Gasteiger partial charge in [-0.05, 0) is 70.1 Å². The maximum Gasteiger partial charge on any atom is 0.153 e. The largest absolute Gasteiger partial charge is 0.382 e. The van der Waals surface area contributed by atoms with Crippen LogP contribution in [-0.2, 0) is 0 Å². The number of hydrogen-bond donors (Lipinski definition) is 3. The summed E-state index contributed by atoms with van der Waals surface area (Å²) in [5.41, 5.74) is 9.04. The van der Waals surface area contributed by atoms with E-state index in [0.717, 1.165) is 44.8 Å². The van der Waals surface area contributed by atoms with Gasteiger partial charge >= 0.3 is 0 Å². The van der Waals surface area contributed by atoms with Crippen molar-refractivity contribution < 1.29 is 0 Å². The molecule has 4 rings (SSSR count). The molecule has 0 aliphatic heterocycles. The van der Waals surface area contributed by atoms with Gasteiger partial charge in [0.15, 0.2) is 5.82 Å². The lowest BCUT2D eigenvalue weighted by Crippen LogP contribution is -2.04. The molecular formula is C16H16BrN5. The Balaban J connectivity index is 1.70. The second kappa shape index (κ2) is 5.28. The standard InChI is InChI=1S/C16H16BrN5/c17-13-6-11(5-12-15(13)21-22-16(12)18)10-3-4-19-14(7-10)20-8-9-1-2-9/h3-7,9H,1-2,8H2,(H,19,20)(H3,18,21,22). The number of aromatic nitrogens is 3. The summed E-state index contributed by atoms with van der Waals surface area (Å²) < 4.78 is 0.952. The molecule has 0 radical (unpaired) electrons. The van der Waals surface area contributed by atoms with Crippen LogP contribution in [0.15, 0.2) is 34.9 Å². The predicted octanol–water partition coefficient (Wildman–Crippen LogP) is 3.79. The zero-order valence-electron chi connectivity index (χ0n) is 11.9. The summed E-state index contributed by atoms with van der Waals surface area (Å²) in [6.07, 6.45) is 4.49. The number of anilines is 2. The molecule has 1 aliphatic rings. The van der Waals surface area contributed by atoms with E-state index < -0.39 is 0 Å². The monoisotopic (exact) mass is 357 g/mol. The van der Waals surface area contributed by atoms with Gasteiger partial charge in [0.25, 0.3) is 0 Å². The smallest absolute Gasteiger partial charge is 0.153 e. The Kier molecular flexibility index (Phi) is 3.26. The van der Waals surface area contributed by atoms with Crippen LogP contribution in [0.25, 0.3) is 22.0 Å². The second-order valence-electron chi connectivity index (χ2n) is 5.74. The van der Waals surface area contributed by atoms with Gasteiger partial charge in [-0.2, -0.15) is 5.10 Å². The van der Waals surface area contributed by atoms with Crippen molar-refractivity contribution in [3.63, 3.8) is 0 Å². The first-order valence-electron chi connectivity index (χ1n) is 7.34. The maximum absolute atomic E-state index is 5.92. The highest BCUT2D eigenvalue weighted by Crippen LogP contribution is 2.33. The summed E-state index contributed by atoms with van der Waals surface area (Å²) in [5, 5.41) is 11.3. The Morgan fingerprint density at radius 1 is 1.27 bits per heavy atom. The molecule has 6 heteroatoms. The number of fused-ring (bicyclic) bond motifs is 1. The van der Waals surface area contributed by atoms with Gasteiger partial charge in [0, 0.05) is 22.6 Å². The third-order valence-electron chi connectivity index (χ3n) is 4.02. The number of H-pyrrole nitrogens is 1. The highest BCUT2D eigenvalue weighted by atomic mass is 79.9. The van der Waals surface area contributed by atoms with Gasteiger partial charge in [0.05, 0.1) is 5.52 Å². The van der Waals surface area contributed by atoms with Crippen molar-refractivity contribution in [1.29, 1.82) is 0 Å². The summed E-state index contributed by atoms with van der Waals surface area (Å²) in [4.78, 5) is 4.39. The highest BCUT2D eigenvalue weighted by Gasteiger charge is 2.20. The third-order valence-corrected chi connectivity index (χ3v) is 4.64. The number of pyridine rings is 1. The van der Waals surface area contributed by atoms with Crippen molar-refractivity contribution in [2.75, 3.05) is 17.6 Å². The van der Waals surface area contributed by atoms with Crippen LogP contribution in [0.1, 0.15) is 12.8 Å². The quantitative estimate of drug-likeness (QED) is 0.663. The van der Waals surface area contributed by atoms with E-state index >= 15 is 0 Å². The van der Waals surface area contributed by atoms with Gasteiger partial charge in [-0.1, -0.05) is 0 Å². The van der Waals surface area contributed by atoms with Crippen LogP contribution in [0.4, 0.5) is 11.6 Å². The molecule has 4 N–H and O–H groups in total. The molecule has 1 aromatic carbocycles. The predicted molar refractivity (Wildman–Crippen MR) is 92.7 cm³/mol. The molecule has 0 spiro atoms. The zero-order chi connectivity index (χ0) is 15.1. The van der Waals surface area contributed by atoms with Crippen molar-refractivity contribution in [1.82, 2.24) is 15.2 Å². The Bertz CT molecular complexity index is 838. The van der Waals surface area contributed by atoms with E-state index in [9.17, 15) is 0 Å². The van der Waals surface area contributed by atoms with Crippen LogP contribution in [0.3, 0.4) is 0 Å². The van der Waals surface area contributed by atoms with E-state index in [2.05, 4.69) is 54.6 Å². The topological polar surface area (TPSA) is 79.6 Å². The van der Waals surface area contributed by atoms with Gasteiger partial charge in [-0.3, -0.25) is 5.10 Å². The summed E-state index contributed by atoms with van der Waals surface area (Å²) >= 11 is 3.58. The first-order chi connectivity index (χ1) is 10.7. The summed E-state index contributed by atoms with van der Waals surface area (Å²) in [5.74, 6) is 2.25. The molecule has 1 saturated carbocycles. The van der Waals surface area contributed by atoms with Crippen LogP contribution in [-0.4, -0.2) is 21.7 Å². The van der Waals surface area contributed by atoms with Crippen molar-refractivity contribution in [2.45, 2.75) is 12.8 Å². The molecule has 0 saturated heterocycles. The van der Waals surface area contributed by atoms with Gasteiger partial charge in [0.1, 0.15) is 5.82 Å². The van der Waals surface area contributed by atoms with E-state index in [1.807, 2.05) is 12.3 Å². The Morgan fingerprint density at radius 2 is 2.14 bits per heavy atom. The molecule has 2 aromatic heterocycles. The molecule has 0 bridgehead atoms. The van der Waals surface area contributed by atoms with Gasteiger partial charge in [0.2, 0.25) is 0 Å². The zero-order valence-corrected chi connectivity index (χ0v) is 13.5. The minimum Gasteiger partial charge on any atom is -0.382 e. The molecule has 1 aliphatic carbocycles. The van der Waals surface area contributed by atoms with Crippen LogP contribution < -0.4 is 11.1 Å². The third kappa shape index (κ3) is 2.54. The minimum atomic E-state index is 0.513. The fraction of sp³-hybridized carbons (Fsp3) is 0.250. The number of hydrogen-bond acceptors (Lipinski definition) is 4. The lowest BCUT2D eigenvalue weighted by atomic mass is 10.0. The Hall–Kier alpha value is -2.08. The van der Waals surface area contributed by atoms with Crippen LogP contribution >= 0.6 is 15.9 Å². The maximum atomic E-state index is 5.92. The van der Waals surface area contributed by atoms with E-state index in [4.69, 9.17) is 5.73 Å². The fourth-order valence-corrected chi connectivity index (χ4v) is 3.09. The number of aromatic amines is 1. The van der Waals surface area contributed by atoms with Crippen LogP contribution in [0.5, 0.6) is 0 Å². The minimum absolute atomic E-state index is 0.513. The number of nitrogen functional groups attached to an aromatic ring is 1. The van der Waals surface area contributed by atoms with Gasteiger partial charge < -0.3 is 11.1 Å². The van der Waals surface area contributed by atoms with E-state index in [1.165, 1.54) is 12.8 Å². The molecule has 5 nitrogen and oxygen atoms in total. The van der Waals surface area contributed by atoms with Crippen LogP contribution in [0, 0.1) is 5.92 Å². The Morgan fingerprint density at radius 3 is 2.95 bits per heavy atom. The molecule has 0 amide bonds. The van der Waals surface area contributed by atoms with Gasteiger partial charge in [-0.25, -0.2) is 4.98 Å². The first kappa shape index (κ1) is 13.6. The number of rotatable bonds is 4. The highest BCUT2D eigenvalue weighted by molar-refractivity contribution is 9.10. The second-order valence-corrected chi connectivity index (χ2v) is 6.60. The van der Waals surface area contributed by atoms with Gasteiger partial charge in [-0.15, -0.1) is 0 Å². The Labute approximate surface area is 136 Å². The molecule has 3 aromatic rings. The lowest BCUT2D eigenvalue weighted by Gasteiger charge is -2.08. The average Bonchev–Trinajstić information content (AvgIpc) is 3.29. The SMILES string of the molecule is Nc1n[nH]c2c(Br)cc(-c3ccnc(NCC4CC4)c3)cc12. The van der Waals surface area contributed by atoms with E-state index in [0.29, 0.717) is 5.82 Å². The van der Waals surface area contributed by atoms with Crippen molar-refractivity contribution in [3.8, 4) is 11.1 Å². The van der Waals surface area contributed by atoms with Crippen LogP contribution in [0.2, 0.25) is 0 Å². The van der Waals surface area contributed by atoms with Crippen molar-refractivity contribution in [2.24, 2.45) is 5.92 Å². The molecule has 1 fully saturated rings. The average molecular weight is 358 g/mol. The summed E-state index contributed by atoms with van der Waals surface area (Å²) in [6.45, 7) is 1.01. The van der Waals surface area contributed by atoms with Crippen molar-refractivity contribution in [3.05, 3.63) is 34.9 Å². The molecular weight excluding hydrogens is 342 g/mol. The molecule has 112 valence electrons. The van der Waals surface area contributed by atoms with Crippen molar-refractivity contribution >= 4 is 38.5 Å². The fourth-order valence-electron chi connectivity index (χ4n) is 2.54. The molecule has 2 heterocycles. The number of halogens is 1. The normalized spacial score (nSPS) is 14.4.